The second kappa shape index (κ2) is 7.79. The van der Waals surface area contributed by atoms with Crippen LogP contribution in [0.15, 0.2) is 18.2 Å². The first-order chi connectivity index (χ1) is 12.0. The number of hydrazine groups is 1. The van der Waals surface area contributed by atoms with Gasteiger partial charge in [0, 0.05) is 37.8 Å². The molecule has 0 saturated carbocycles. The summed E-state index contributed by atoms with van der Waals surface area (Å²) in [6.07, 6.45) is 2.17. The molecule has 1 aromatic carbocycles. The molecule has 1 aromatic rings. The summed E-state index contributed by atoms with van der Waals surface area (Å²) in [6.45, 7) is 6.11. The predicted octanol–water partition coefficient (Wildman–Crippen LogP) is 1.81. The maximum atomic E-state index is 12.4. The van der Waals surface area contributed by atoms with Gasteiger partial charge in [-0.1, -0.05) is 6.92 Å². The van der Waals surface area contributed by atoms with Crippen LogP contribution in [0, 0.1) is 16.0 Å². The molecule has 8 nitrogen and oxygen atoms in total. The summed E-state index contributed by atoms with van der Waals surface area (Å²) in [4.78, 5) is 25.6. The fraction of sp³-hybridized carbons (Fsp3) is 0.588. The average Bonchev–Trinajstić information content (AvgIpc) is 2.62. The third kappa shape index (κ3) is 4.26. The van der Waals surface area contributed by atoms with Gasteiger partial charge in [0.25, 0.3) is 11.6 Å². The van der Waals surface area contributed by atoms with Gasteiger partial charge in [0.2, 0.25) is 0 Å². The number of carbonyl (C=O) groups is 1. The Morgan fingerprint density at radius 1 is 1.32 bits per heavy atom. The number of amides is 1. The summed E-state index contributed by atoms with van der Waals surface area (Å²) in [5, 5.41) is 13.3. The Balaban J connectivity index is 1.78. The quantitative estimate of drug-likeness (QED) is 0.659. The first kappa shape index (κ1) is 17.6. The topological polar surface area (TPSA) is 88.0 Å². The third-order valence-corrected chi connectivity index (χ3v) is 4.70. The Kier molecular flexibility index (Phi) is 5.50. The van der Waals surface area contributed by atoms with Gasteiger partial charge in [0.15, 0.2) is 0 Å². The Morgan fingerprint density at radius 2 is 2.08 bits per heavy atom. The fourth-order valence-electron chi connectivity index (χ4n) is 3.37. The van der Waals surface area contributed by atoms with E-state index < -0.39 is 4.92 Å². The van der Waals surface area contributed by atoms with Gasteiger partial charge in [-0.05, 0) is 30.9 Å². The van der Waals surface area contributed by atoms with E-state index in [4.69, 9.17) is 4.74 Å². The lowest BCUT2D eigenvalue weighted by molar-refractivity contribution is -0.384. The van der Waals surface area contributed by atoms with E-state index in [1.54, 1.807) is 17.1 Å². The zero-order valence-corrected chi connectivity index (χ0v) is 14.4. The summed E-state index contributed by atoms with van der Waals surface area (Å²) in [5.74, 6) is 0.182. The highest BCUT2D eigenvalue weighted by molar-refractivity contribution is 5.95. The molecule has 0 spiro atoms. The van der Waals surface area contributed by atoms with E-state index >= 15 is 0 Å². The minimum atomic E-state index is -0.403. The van der Waals surface area contributed by atoms with Gasteiger partial charge >= 0.3 is 0 Å². The molecule has 2 fully saturated rings. The predicted molar refractivity (Wildman–Crippen MR) is 93.6 cm³/mol. The highest BCUT2D eigenvalue weighted by Crippen LogP contribution is 2.32. The van der Waals surface area contributed by atoms with Crippen molar-refractivity contribution in [2.24, 2.45) is 5.92 Å². The Morgan fingerprint density at radius 3 is 2.76 bits per heavy atom. The van der Waals surface area contributed by atoms with Gasteiger partial charge in [0.05, 0.1) is 18.1 Å². The number of nitro benzene ring substituents is 1. The van der Waals surface area contributed by atoms with Gasteiger partial charge in [-0.3, -0.25) is 20.3 Å². The highest BCUT2D eigenvalue weighted by Gasteiger charge is 2.25. The van der Waals surface area contributed by atoms with Crippen molar-refractivity contribution < 1.29 is 14.5 Å². The first-order valence-corrected chi connectivity index (χ1v) is 8.71. The number of hydrogen-bond donors (Lipinski definition) is 1. The number of nitro groups is 1. The minimum Gasteiger partial charge on any atom is -0.379 e. The molecule has 1 amide bonds. The van der Waals surface area contributed by atoms with E-state index in [9.17, 15) is 14.9 Å². The summed E-state index contributed by atoms with van der Waals surface area (Å²) >= 11 is 0. The molecule has 2 heterocycles. The first-order valence-electron chi connectivity index (χ1n) is 8.71. The number of piperidine rings is 1. The van der Waals surface area contributed by atoms with Crippen molar-refractivity contribution in [2.45, 2.75) is 19.8 Å². The van der Waals surface area contributed by atoms with Crippen LogP contribution < -0.4 is 10.3 Å². The number of ether oxygens (including phenoxy) is 1. The number of nitrogens with zero attached hydrogens (tertiary/aromatic N) is 3. The molecule has 2 aliphatic heterocycles. The lowest BCUT2D eigenvalue weighted by Crippen LogP contribution is -2.48. The molecule has 3 rings (SSSR count). The van der Waals surface area contributed by atoms with Crippen molar-refractivity contribution in [3.63, 3.8) is 0 Å². The molecule has 0 aromatic heterocycles. The summed E-state index contributed by atoms with van der Waals surface area (Å²) in [5.41, 5.74) is 3.67. The summed E-state index contributed by atoms with van der Waals surface area (Å²) in [7, 11) is 0. The van der Waals surface area contributed by atoms with E-state index in [0.717, 1.165) is 25.9 Å². The van der Waals surface area contributed by atoms with Crippen molar-refractivity contribution >= 4 is 17.3 Å². The Hall–Kier alpha value is -2.19. The van der Waals surface area contributed by atoms with Crippen LogP contribution in [-0.2, 0) is 4.74 Å². The number of benzene rings is 1. The van der Waals surface area contributed by atoms with Crippen LogP contribution in [0.25, 0.3) is 0 Å². The molecule has 0 aliphatic carbocycles. The molecule has 8 heteroatoms. The fourth-order valence-corrected chi connectivity index (χ4v) is 3.37. The number of carbonyl (C=O) groups excluding carboxylic acids is 1. The normalized spacial score (nSPS) is 21.8. The largest absolute Gasteiger partial charge is 0.379 e. The molecular formula is C17H24N4O4. The molecule has 2 saturated heterocycles. The van der Waals surface area contributed by atoms with Crippen molar-refractivity contribution in [1.82, 2.24) is 10.4 Å². The molecule has 136 valence electrons. The van der Waals surface area contributed by atoms with Crippen molar-refractivity contribution in [3.05, 3.63) is 33.9 Å². The second-order valence-electron chi connectivity index (χ2n) is 6.69. The van der Waals surface area contributed by atoms with E-state index in [1.165, 1.54) is 6.07 Å². The molecular weight excluding hydrogens is 324 g/mol. The standard InChI is InChI=1S/C17H24N4O4/c1-13-3-2-6-19(12-13)15-5-4-14(11-16(15)21(23)24)17(22)18-20-7-9-25-10-8-20/h4-5,11,13H,2-3,6-10,12H2,1H3,(H,18,22). The third-order valence-electron chi connectivity index (χ3n) is 4.70. The molecule has 1 atom stereocenters. The lowest BCUT2D eigenvalue weighted by atomic mass is 9.99. The molecule has 1 unspecified atom stereocenters. The Labute approximate surface area is 146 Å². The van der Waals surface area contributed by atoms with E-state index in [1.807, 2.05) is 0 Å². The lowest BCUT2D eigenvalue weighted by Gasteiger charge is -2.32. The average molecular weight is 348 g/mol. The molecule has 2 aliphatic rings. The number of morpholine rings is 1. The Bertz CT molecular complexity index is 646. The summed E-state index contributed by atoms with van der Waals surface area (Å²) in [6, 6.07) is 4.74. The monoisotopic (exact) mass is 348 g/mol. The van der Waals surface area contributed by atoms with Gasteiger partial charge in [-0.25, -0.2) is 5.01 Å². The highest BCUT2D eigenvalue weighted by atomic mass is 16.6. The SMILES string of the molecule is CC1CCCN(c2ccc(C(=O)NN3CCOCC3)cc2[N+](=O)[O-])C1. The van der Waals surface area contributed by atoms with Crippen molar-refractivity contribution in [1.29, 1.82) is 0 Å². The second-order valence-corrected chi connectivity index (χ2v) is 6.69. The minimum absolute atomic E-state index is 0.0104. The molecule has 1 N–H and O–H groups in total. The van der Waals surface area contributed by atoms with Crippen molar-refractivity contribution in [2.75, 3.05) is 44.3 Å². The number of anilines is 1. The zero-order chi connectivity index (χ0) is 17.8. The van der Waals surface area contributed by atoms with Crippen LogP contribution in [-0.4, -0.2) is 55.2 Å². The molecule has 0 radical (unpaired) electrons. The van der Waals surface area contributed by atoms with Crippen LogP contribution in [0.2, 0.25) is 0 Å². The smallest absolute Gasteiger partial charge is 0.293 e. The maximum absolute atomic E-state index is 12.4. The van der Waals surface area contributed by atoms with Crippen LogP contribution in [0.5, 0.6) is 0 Å². The van der Waals surface area contributed by atoms with Crippen molar-refractivity contribution in [3.8, 4) is 0 Å². The number of hydrogen-bond acceptors (Lipinski definition) is 6. The number of rotatable bonds is 4. The van der Waals surface area contributed by atoms with Crippen LogP contribution in [0.3, 0.4) is 0 Å². The van der Waals surface area contributed by atoms with E-state index in [0.29, 0.717) is 43.5 Å². The zero-order valence-electron chi connectivity index (χ0n) is 14.4. The molecule has 25 heavy (non-hydrogen) atoms. The van der Waals surface area contributed by atoms with Crippen LogP contribution in [0.4, 0.5) is 11.4 Å². The molecule has 0 bridgehead atoms. The van der Waals surface area contributed by atoms with Gasteiger partial charge in [-0.2, -0.15) is 0 Å². The summed E-state index contributed by atoms with van der Waals surface area (Å²) < 4.78 is 5.24. The van der Waals surface area contributed by atoms with Gasteiger partial charge in [0.1, 0.15) is 5.69 Å². The van der Waals surface area contributed by atoms with Crippen LogP contribution >= 0.6 is 0 Å². The van der Waals surface area contributed by atoms with Crippen LogP contribution in [0.1, 0.15) is 30.1 Å². The van der Waals surface area contributed by atoms with E-state index in [2.05, 4.69) is 17.2 Å². The van der Waals surface area contributed by atoms with E-state index in [-0.39, 0.29) is 11.6 Å². The van der Waals surface area contributed by atoms with Gasteiger partial charge < -0.3 is 9.64 Å². The number of nitrogens with one attached hydrogen (secondary N) is 1. The maximum Gasteiger partial charge on any atom is 0.293 e. The van der Waals surface area contributed by atoms with Gasteiger partial charge in [-0.15, -0.1) is 0 Å².